The van der Waals surface area contributed by atoms with Crippen molar-refractivity contribution in [1.82, 2.24) is 9.55 Å². The predicted molar refractivity (Wildman–Crippen MR) is 65.1 cm³/mol. The van der Waals surface area contributed by atoms with Gasteiger partial charge in [-0.1, -0.05) is 18.2 Å². The lowest BCUT2D eigenvalue weighted by Crippen LogP contribution is -2.29. The summed E-state index contributed by atoms with van der Waals surface area (Å²) in [5.41, 5.74) is 2.25. The number of aromatic nitrogens is 2. The molecule has 3 rings (SSSR count). The molecule has 1 atom stereocenters. The Morgan fingerprint density at radius 1 is 1.47 bits per heavy atom. The molecule has 17 heavy (non-hydrogen) atoms. The molecule has 2 heterocycles. The highest BCUT2D eigenvalue weighted by Crippen LogP contribution is 2.26. The van der Waals surface area contributed by atoms with Gasteiger partial charge in [0.05, 0.1) is 6.04 Å². The van der Waals surface area contributed by atoms with Crippen LogP contribution in [0.3, 0.4) is 0 Å². The first-order chi connectivity index (χ1) is 8.25. The number of benzene rings is 1. The van der Waals surface area contributed by atoms with Crippen LogP contribution in [0.5, 0.6) is 0 Å². The first kappa shape index (κ1) is 10.1. The molecule has 1 N–H and O–H groups in total. The van der Waals surface area contributed by atoms with E-state index in [0.717, 1.165) is 12.1 Å². The summed E-state index contributed by atoms with van der Waals surface area (Å²) in [6, 6.07) is 7.83. The Morgan fingerprint density at radius 3 is 3.00 bits per heavy atom. The van der Waals surface area contributed by atoms with Gasteiger partial charge in [0.1, 0.15) is 0 Å². The number of rotatable bonds is 2. The number of imidazole rings is 1. The van der Waals surface area contributed by atoms with Crippen LogP contribution in [-0.2, 0) is 13.5 Å². The number of hydrogen-bond donors (Lipinski definition) is 1. The summed E-state index contributed by atoms with van der Waals surface area (Å²) < 4.78 is 1.76. The van der Waals surface area contributed by atoms with Gasteiger partial charge >= 0.3 is 0 Å². The molecule has 0 spiro atoms. The number of carbonyl (C=O) groups excluding carboxylic acids is 1. The third kappa shape index (κ3) is 1.62. The Labute approximate surface area is 99.3 Å². The van der Waals surface area contributed by atoms with Crippen LogP contribution in [0.15, 0.2) is 36.7 Å². The number of nitrogens with one attached hydrogen (secondary N) is 1. The Morgan fingerprint density at radius 2 is 2.29 bits per heavy atom. The van der Waals surface area contributed by atoms with Gasteiger partial charge in [0.25, 0.3) is 0 Å². The van der Waals surface area contributed by atoms with E-state index in [1.54, 1.807) is 17.0 Å². The molecule has 0 saturated heterocycles. The Bertz CT molecular complexity index is 549. The molecule has 0 aliphatic carbocycles. The van der Waals surface area contributed by atoms with Crippen molar-refractivity contribution in [2.75, 3.05) is 5.32 Å². The summed E-state index contributed by atoms with van der Waals surface area (Å²) in [6.07, 6.45) is 4.17. The fourth-order valence-corrected chi connectivity index (χ4v) is 2.21. The zero-order valence-corrected chi connectivity index (χ0v) is 9.55. The van der Waals surface area contributed by atoms with Gasteiger partial charge in [-0.3, -0.25) is 4.79 Å². The summed E-state index contributed by atoms with van der Waals surface area (Å²) in [5, 5.41) is 3.25. The molecule has 1 aromatic carbocycles. The lowest BCUT2D eigenvalue weighted by Gasteiger charge is -2.09. The third-order valence-corrected chi connectivity index (χ3v) is 3.13. The van der Waals surface area contributed by atoms with E-state index < -0.39 is 0 Å². The van der Waals surface area contributed by atoms with Crippen molar-refractivity contribution in [3.8, 4) is 0 Å². The van der Waals surface area contributed by atoms with E-state index in [4.69, 9.17) is 0 Å². The minimum Gasteiger partial charge on any atom is -0.374 e. The number of carbonyl (C=O) groups is 1. The molecule has 2 aromatic rings. The fraction of sp³-hybridized carbons (Fsp3) is 0.231. The number of nitrogens with zero attached hydrogens (tertiary/aromatic N) is 2. The van der Waals surface area contributed by atoms with E-state index in [1.807, 2.05) is 31.3 Å². The van der Waals surface area contributed by atoms with Crippen LogP contribution in [0.4, 0.5) is 5.69 Å². The largest absolute Gasteiger partial charge is 0.374 e. The van der Waals surface area contributed by atoms with Crippen LogP contribution < -0.4 is 5.32 Å². The number of hydrogen-bond acceptors (Lipinski definition) is 3. The maximum atomic E-state index is 12.3. The van der Waals surface area contributed by atoms with Crippen LogP contribution in [0.2, 0.25) is 0 Å². The molecule has 4 heteroatoms. The van der Waals surface area contributed by atoms with E-state index >= 15 is 0 Å². The Hall–Kier alpha value is -2.10. The van der Waals surface area contributed by atoms with Gasteiger partial charge in [-0.2, -0.15) is 0 Å². The molecule has 0 saturated carbocycles. The van der Waals surface area contributed by atoms with Crippen LogP contribution >= 0.6 is 0 Å². The van der Waals surface area contributed by atoms with Crippen LogP contribution in [0.1, 0.15) is 16.2 Å². The van der Waals surface area contributed by atoms with Crippen LogP contribution in [0, 0.1) is 0 Å². The molecular weight excluding hydrogens is 214 g/mol. The molecular formula is C13H13N3O. The van der Waals surface area contributed by atoms with Crippen molar-refractivity contribution in [1.29, 1.82) is 0 Å². The SMILES string of the molecule is Cn1ccnc1C(=O)C1Cc2ccccc2N1. The average molecular weight is 227 g/mol. The van der Waals surface area contributed by atoms with Gasteiger partial charge in [-0.25, -0.2) is 4.98 Å². The van der Waals surface area contributed by atoms with E-state index in [9.17, 15) is 4.79 Å². The molecule has 86 valence electrons. The van der Waals surface area contributed by atoms with Crippen molar-refractivity contribution in [2.45, 2.75) is 12.5 Å². The zero-order chi connectivity index (χ0) is 11.8. The highest BCUT2D eigenvalue weighted by Gasteiger charge is 2.29. The van der Waals surface area contributed by atoms with E-state index in [1.165, 1.54) is 5.56 Å². The zero-order valence-electron chi connectivity index (χ0n) is 9.55. The normalized spacial score (nSPS) is 17.6. The average Bonchev–Trinajstić information content (AvgIpc) is 2.93. The fourth-order valence-electron chi connectivity index (χ4n) is 2.21. The molecule has 1 unspecified atom stereocenters. The highest BCUT2D eigenvalue weighted by atomic mass is 16.1. The number of anilines is 1. The minimum atomic E-state index is -0.187. The van der Waals surface area contributed by atoms with Gasteiger partial charge in [0.15, 0.2) is 5.82 Å². The minimum absolute atomic E-state index is 0.0497. The molecule has 1 aliphatic rings. The number of Topliss-reactive ketones (excluding diaryl/α,β-unsaturated/α-hetero) is 1. The second-order valence-corrected chi connectivity index (χ2v) is 4.28. The second kappa shape index (κ2) is 3.73. The van der Waals surface area contributed by atoms with Gasteiger partial charge in [0, 0.05) is 31.5 Å². The number of para-hydroxylation sites is 1. The molecule has 0 bridgehead atoms. The summed E-state index contributed by atoms with van der Waals surface area (Å²) in [5.74, 6) is 0.559. The lowest BCUT2D eigenvalue weighted by atomic mass is 10.1. The summed E-state index contributed by atoms with van der Waals surface area (Å²) >= 11 is 0. The lowest BCUT2D eigenvalue weighted by molar-refractivity contribution is 0.0958. The third-order valence-electron chi connectivity index (χ3n) is 3.13. The summed E-state index contributed by atoms with van der Waals surface area (Å²) in [6.45, 7) is 0. The predicted octanol–water partition coefficient (Wildman–Crippen LogP) is 1.64. The molecule has 0 fully saturated rings. The molecule has 1 aromatic heterocycles. The number of aryl methyl sites for hydroxylation is 1. The van der Waals surface area contributed by atoms with Crippen molar-refractivity contribution >= 4 is 11.5 Å². The molecule has 1 aliphatic heterocycles. The summed E-state index contributed by atoms with van der Waals surface area (Å²) in [7, 11) is 1.84. The number of fused-ring (bicyclic) bond motifs is 1. The van der Waals surface area contributed by atoms with Gasteiger partial charge < -0.3 is 9.88 Å². The molecule has 0 radical (unpaired) electrons. The van der Waals surface area contributed by atoms with Gasteiger partial charge in [0.2, 0.25) is 5.78 Å². The van der Waals surface area contributed by atoms with E-state index in [2.05, 4.69) is 10.3 Å². The van der Waals surface area contributed by atoms with Crippen molar-refractivity contribution in [3.05, 3.63) is 48.0 Å². The molecule has 4 nitrogen and oxygen atoms in total. The van der Waals surface area contributed by atoms with Crippen LogP contribution in [-0.4, -0.2) is 21.4 Å². The smallest absolute Gasteiger partial charge is 0.220 e. The first-order valence-corrected chi connectivity index (χ1v) is 5.61. The molecule has 0 amide bonds. The summed E-state index contributed by atoms with van der Waals surface area (Å²) in [4.78, 5) is 16.3. The van der Waals surface area contributed by atoms with Crippen LogP contribution in [0.25, 0.3) is 0 Å². The topological polar surface area (TPSA) is 46.9 Å². The van der Waals surface area contributed by atoms with Gasteiger partial charge in [-0.15, -0.1) is 0 Å². The maximum absolute atomic E-state index is 12.3. The van der Waals surface area contributed by atoms with E-state index in [-0.39, 0.29) is 11.8 Å². The highest BCUT2D eigenvalue weighted by molar-refractivity contribution is 6.00. The van der Waals surface area contributed by atoms with Crippen molar-refractivity contribution < 1.29 is 4.79 Å². The second-order valence-electron chi connectivity index (χ2n) is 4.28. The van der Waals surface area contributed by atoms with Gasteiger partial charge in [-0.05, 0) is 11.6 Å². The maximum Gasteiger partial charge on any atom is 0.220 e. The standard InChI is InChI=1S/C13H13N3O/c1-16-7-6-14-13(16)12(17)11-8-9-4-2-3-5-10(9)15-11/h2-7,11,15H,8H2,1H3. The first-order valence-electron chi connectivity index (χ1n) is 5.61. The van der Waals surface area contributed by atoms with Crippen molar-refractivity contribution in [2.24, 2.45) is 7.05 Å². The van der Waals surface area contributed by atoms with E-state index in [0.29, 0.717) is 5.82 Å². The van der Waals surface area contributed by atoms with Crippen molar-refractivity contribution in [3.63, 3.8) is 0 Å². The number of ketones is 1. The quantitative estimate of drug-likeness (QED) is 0.793. The monoisotopic (exact) mass is 227 g/mol. The Balaban J connectivity index is 1.86. The Kier molecular flexibility index (Phi) is 2.21.